The summed E-state index contributed by atoms with van der Waals surface area (Å²) in [7, 11) is 0. The molecule has 0 aliphatic carbocycles. The number of ether oxygens (including phenoxy) is 3. The van der Waals surface area contributed by atoms with Crippen molar-refractivity contribution in [3.63, 3.8) is 0 Å². The van der Waals surface area contributed by atoms with Gasteiger partial charge in [-0.05, 0) is 59.6 Å². The van der Waals surface area contributed by atoms with Gasteiger partial charge in [0.2, 0.25) is 0 Å². The number of benzene rings is 1. The number of hydrogen-bond donors (Lipinski definition) is 0. The van der Waals surface area contributed by atoms with Crippen molar-refractivity contribution in [2.24, 2.45) is 5.92 Å². The molecular weight excluding hydrogens is 550 g/mol. The van der Waals surface area contributed by atoms with E-state index in [9.17, 15) is 19.2 Å². The number of esters is 2. The van der Waals surface area contributed by atoms with Crippen molar-refractivity contribution in [1.82, 2.24) is 9.80 Å². The molecule has 2 aromatic rings. The van der Waals surface area contributed by atoms with Gasteiger partial charge in [-0.15, -0.1) is 4.57 Å². The molecule has 3 aliphatic rings. The molecule has 0 radical (unpaired) electrons. The Morgan fingerprint density at radius 3 is 2.26 bits per heavy atom. The first-order valence-corrected chi connectivity index (χ1v) is 14.7. The molecule has 228 valence electrons. The molecule has 10 nitrogen and oxygen atoms in total. The quantitative estimate of drug-likeness (QED) is 0.284. The topological polar surface area (TPSA) is 106 Å². The minimum Gasteiger partial charge on any atom is -0.461 e. The highest BCUT2D eigenvalue weighted by Gasteiger charge is 2.62. The van der Waals surface area contributed by atoms with E-state index in [0.717, 1.165) is 5.56 Å². The van der Waals surface area contributed by atoms with Crippen LogP contribution >= 0.6 is 0 Å². The minimum absolute atomic E-state index is 0.00990. The maximum atomic E-state index is 14.1. The third kappa shape index (κ3) is 6.58. The minimum atomic E-state index is -0.758. The number of amides is 1. The second-order valence-corrected chi connectivity index (χ2v) is 13.3. The Kier molecular flexibility index (Phi) is 8.07. The molecule has 43 heavy (non-hydrogen) atoms. The molecule has 3 aliphatic heterocycles. The van der Waals surface area contributed by atoms with E-state index < -0.39 is 29.2 Å². The van der Waals surface area contributed by atoms with E-state index in [0.29, 0.717) is 30.6 Å². The second kappa shape index (κ2) is 11.5. The Labute approximate surface area is 252 Å². The van der Waals surface area contributed by atoms with E-state index >= 15 is 0 Å². The van der Waals surface area contributed by atoms with Crippen LogP contribution in [0.25, 0.3) is 0 Å². The Bertz CT molecular complexity index is 1450. The lowest BCUT2D eigenvalue weighted by atomic mass is 9.78. The molecule has 1 amide bonds. The van der Waals surface area contributed by atoms with E-state index in [-0.39, 0.29) is 42.6 Å². The van der Waals surface area contributed by atoms with Gasteiger partial charge in [0, 0.05) is 30.6 Å². The lowest BCUT2D eigenvalue weighted by Gasteiger charge is -2.55. The number of hydrogen-bond acceptors (Lipinski definition) is 8. The average molecular weight is 591 g/mol. The zero-order valence-corrected chi connectivity index (χ0v) is 25.7. The largest absolute Gasteiger partial charge is 0.461 e. The van der Waals surface area contributed by atoms with Crippen molar-refractivity contribution < 1.29 is 38.0 Å². The fraction of sp³-hybridized carbons (Fsp3) is 0.485. The highest BCUT2D eigenvalue weighted by atomic mass is 16.6. The van der Waals surface area contributed by atoms with Crippen LogP contribution < -0.4 is 4.57 Å². The van der Waals surface area contributed by atoms with Crippen molar-refractivity contribution >= 4 is 23.9 Å². The maximum Gasteiger partial charge on any atom is 0.423 e. The molecule has 2 fully saturated rings. The van der Waals surface area contributed by atoms with Gasteiger partial charge < -0.3 is 24.0 Å². The van der Waals surface area contributed by atoms with Crippen molar-refractivity contribution in [3.8, 4) is 0 Å². The molecule has 1 unspecified atom stereocenters. The zero-order chi connectivity index (χ0) is 31.1. The van der Waals surface area contributed by atoms with Gasteiger partial charge in [0.05, 0.1) is 18.5 Å². The van der Waals surface area contributed by atoms with Crippen molar-refractivity contribution in [1.29, 1.82) is 0 Å². The normalized spacial score (nSPS) is 21.1. The number of pyridine rings is 1. The highest BCUT2D eigenvalue weighted by Crippen LogP contribution is 2.49. The lowest BCUT2D eigenvalue weighted by molar-refractivity contribution is -0.571. The van der Waals surface area contributed by atoms with Gasteiger partial charge in [0.15, 0.2) is 12.4 Å². The molecule has 4 heterocycles. The molecule has 0 spiro atoms. The zero-order valence-electron chi connectivity index (χ0n) is 25.7. The third-order valence-electron chi connectivity index (χ3n) is 7.68. The third-order valence-corrected chi connectivity index (χ3v) is 7.68. The van der Waals surface area contributed by atoms with E-state index in [1.165, 1.54) is 4.57 Å². The number of carbonyl (C=O) groups is 4. The highest BCUT2D eigenvalue weighted by molar-refractivity contribution is 6.01. The van der Waals surface area contributed by atoms with Crippen LogP contribution in [0.2, 0.25) is 0 Å². The number of rotatable bonds is 6. The van der Waals surface area contributed by atoms with Crippen LogP contribution in [0, 0.1) is 5.92 Å². The summed E-state index contributed by atoms with van der Waals surface area (Å²) in [6.45, 7) is 11.8. The summed E-state index contributed by atoms with van der Waals surface area (Å²) in [5, 5.41) is 0. The van der Waals surface area contributed by atoms with Gasteiger partial charge in [-0.25, -0.2) is 14.4 Å². The molecule has 5 rings (SSSR count). The fourth-order valence-corrected chi connectivity index (χ4v) is 5.98. The smallest absolute Gasteiger partial charge is 0.423 e. The van der Waals surface area contributed by atoms with Gasteiger partial charge in [-0.1, -0.05) is 30.3 Å². The summed E-state index contributed by atoms with van der Waals surface area (Å²) < 4.78 is 18.2. The van der Waals surface area contributed by atoms with Crippen LogP contribution in [-0.4, -0.2) is 70.1 Å². The van der Waals surface area contributed by atoms with Crippen LogP contribution in [0.4, 0.5) is 4.79 Å². The average Bonchev–Trinajstić information content (AvgIpc) is 3.21. The predicted molar refractivity (Wildman–Crippen MR) is 155 cm³/mol. The van der Waals surface area contributed by atoms with Crippen molar-refractivity contribution in [3.05, 3.63) is 77.3 Å². The first kappa shape index (κ1) is 30.3. The molecule has 2 saturated heterocycles. The standard InChI is InChI=1S/C33H40N3O7/c1-32(2,3)42-30(39)28-26(23-14-16-35(24-19-36(28)27(23)24)31(40)43-33(4,5)6)29(38)34-15-10-13-22(18-34)17-25(37)41-20-21-11-8-7-9-12-21/h7-13,15,18,23-24,27H,14,16-17,19-20H2,1-6H3/q+1/t23?,24-,27+/m0/s1. The van der Waals surface area contributed by atoms with Gasteiger partial charge in [-0.3, -0.25) is 4.79 Å². The molecular formula is C33H40N3O7+. The fourth-order valence-electron chi connectivity index (χ4n) is 5.98. The molecule has 1 aromatic heterocycles. The van der Waals surface area contributed by atoms with Gasteiger partial charge in [-0.2, -0.15) is 0 Å². The van der Waals surface area contributed by atoms with Gasteiger partial charge in [0.25, 0.3) is 0 Å². The Morgan fingerprint density at radius 1 is 0.907 bits per heavy atom. The van der Waals surface area contributed by atoms with E-state index in [1.807, 2.05) is 56.0 Å². The summed E-state index contributed by atoms with van der Waals surface area (Å²) in [6, 6.07) is 12.5. The molecule has 0 saturated carbocycles. The Hall–Kier alpha value is -4.21. The van der Waals surface area contributed by atoms with Crippen LogP contribution in [0.1, 0.15) is 63.9 Å². The summed E-state index contributed by atoms with van der Waals surface area (Å²) >= 11 is 0. The summed E-state index contributed by atoms with van der Waals surface area (Å²) in [5.74, 6) is -1.59. The molecule has 0 N–H and O–H groups in total. The number of carbonyl (C=O) groups excluding carboxylic acids is 4. The summed E-state index contributed by atoms with van der Waals surface area (Å²) in [6.07, 6.45) is 3.31. The van der Waals surface area contributed by atoms with E-state index in [2.05, 4.69) is 0 Å². The monoisotopic (exact) mass is 590 g/mol. The maximum absolute atomic E-state index is 14.1. The van der Waals surface area contributed by atoms with Crippen molar-refractivity contribution in [2.45, 2.75) is 84.3 Å². The number of nitrogens with zero attached hydrogens (tertiary/aromatic N) is 3. The van der Waals surface area contributed by atoms with Crippen LogP contribution in [0.3, 0.4) is 0 Å². The number of piperidine rings is 1. The number of aromatic nitrogens is 1. The molecule has 0 bridgehead atoms. The van der Waals surface area contributed by atoms with E-state index in [4.69, 9.17) is 14.2 Å². The van der Waals surface area contributed by atoms with Crippen LogP contribution in [-0.2, 0) is 36.8 Å². The second-order valence-electron chi connectivity index (χ2n) is 13.3. The lowest BCUT2D eigenvalue weighted by Crippen LogP contribution is -2.70. The summed E-state index contributed by atoms with van der Waals surface area (Å²) in [5.41, 5.74) is 0.719. The predicted octanol–water partition coefficient (Wildman–Crippen LogP) is 3.82. The number of likely N-dealkylation sites (tertiary alicyclic amines) is 1. The molecule has 10 heteroatoms. The SMILES string of the molecule is CC(C)(C)OC(=O)C1=C(C(=O)[n+]2cccc(CC(=O)OCc3ccccc3)c2)C2CCN(C(=O)OC(C)(C)C)[C@H]3CN1[C@H]23. The molecule has 1 aromatic carbocycles. The summed E-state index contributed by atoms with van der Waals surface area (Å²) in [4.78, 5) is 56.9. The molecule has 3 atom stereocenters. The van der Waals surface area contributed by atoms with Crippen LogP contribution in [0.15, 0.2) is 66.1 Å². The Morgan fingerprint density at radius 2 is 1.58 bits per heavy atom. The first-order chi connectivity index (χ1) is 20.2. The van der Waals surface area contributed by atoms with Gasteiger partial charge in [0.1, 0.15) is 29.1 Å². The van der Waals surface area contributed by atoms with Crippen LogP contribution in [0.5, 0.6) is 0 Å². The van der Waals surface area contributed by atoms with Gasteiger partial charge >= 0.3 is 23.9 Å². The van der Waals surface area contributed by atoms with Crippen molar-refractivity contribution in [2.75, 3.05) is 13.1 Å². The first-order valence-electron chi connectivity index (χ1n) is 14.7. The van der Waals surface area contributed by atoms with E-state index in [1.54, 1.807) is 50.2 Å². The Balaban J connectivity index is 1.38.